The molecule has 0 aliphatic carbocycles. The molecule has 0 saturated carbocycles. The van der Waals surface area contributed by atoms with Crippen LogP contribution in [0.5, 0.6) is 0 Å². The molecule has 0 spiro atoms. The van der Waals surface area contributed by atoms with Gasteiger partial charge in [-0.25, -0.2) is 9.78 Å². The van der Waals surface area contributed by atoms with E-state index in [-0.39, 0.29) is 18.6 Å². The van der Waals surface area contributed by atoms with E-state index in [2.05, 4.69) is 4.98 Å². The number of hydrogen-bond donors (Lipinski definition) is 0. The van der Waals surface area contributed by atoms with Crippen LogP contribution in [0.15, 0.2) is 42.5 Å². The predicted octanol–water partition coefficient (Wildman–Crippen LogP) is 3.19. The number of para-hydroxylation sites is 1. The zero-order valence-corrected chi connectivity index (χ0v) is 14.4. The highest BCUT2D eigenvalue weighted by molar-refractivity contribution is 5.89. The van der Waals surface area contributed by atoms with Gasteiger partial charge in [-0.05, 0) is 44.4 Å². The van der Waals surface area contributed by atoms with Gasteiger partial charge in [0.15, 0.2) is 6.61 Å². The molecule has 2 aromatic rings. The molecule has 0 radical (unpaired) electrons. The molecule has 0 N–H and O–H groups in total. The second kappa shape index (κ2) is 7.92. The van der Waals surface area contributed by atoms with E-state index < -0.39 is 5.97 Å². The summed E-state index contributed by atoms with van der Waals surface area (Å²) < 4.78 is 5.07. The second-order valence-corrected chi connectivity index (χ2v) is 6.30. The number of carbonyl (C=O) groups is 2. The van der Waals surface area contributed by atoms with Gasteiger partial charge in [0.05, 0.1) is 11.2 Å². The smallest absolute Gasteiger partial charge is 0.331 e. The average molecular weight is 338 g/mol. The van der Waals surface area contributed by atoms with Gasteiger partial charge in [0.2, 0.25) is 0 Å². The summed E-state index contributed by atoms with van der Waals surface area (Å²) in [7, 11) is 0. The highest BCUT2D eigenvalue weighted by Gasteiger charge is 2.23. The van der Waals surface area contributed by atoms with Crippen molar-refractivity contribution in [2.75, 3.05) is 13.2 Å². The normalized spacial score (nSPS) is 17.8. The van der Waals surface area contributed by atoms with Crippen molar-refractivity contribution >= 4 is 28.9 Å². The van der Waals surface area contributed by atoms with Crippen LogP contribution in [0, 0.1) is 0 Å². The lowest BCUT2D eigenvalue weighted by Gasteiger charge is -2.33. The van der Waals surface area contributed by atoms with E-state index in [1.54, 1.807) is 11.0 Å². The number of esters is 1. The van der Waals surface area contributed by atoms with Crippen molar-refractivity contribution in [3.8, 4) is 0 Å². The number of benzene rings is 1. The number of hydrogen-bond acceptors (Lipinski definition) is 4. The zero-order valence-electron chi connectivity index (χ0n) is 14.4. The molecule has 0 unspecified atom stereocenters. The van der Waals surface area contributed by atoms with Gasteiger partial charge >= 0.3 is 5.97 Å². The van der Waals surface area contributed by atoms with Gasteiger partial charge in [-0.1, -0.05) is 24.3 Å². The van der Waals surface area contributed by atoms with Crippen LogP contribution in [0.3, 0.4) is 0 Å². The van der Waals surface area contributed by atoms with Crippen molar-refractivity contribution < 1.29 is 14.3 Å². The van der Waals surface area contributed by atoms with Gasteiger partial charge in [0, 0.05) is 24.0 Å². The predicted molar refractivity (Wildman–Crippen MR) is 96.8 cm³/mol. The molecule has 1 aromatic carbocycles. The number of amides is 1. The molecule has 1 aliphatic rings. The molecular weight excluding hydrogens is 316 g/mol. The number of rotatable bonds is 4. The average Bonchev–Trinajstić information content (AvgIpc) is 2.64. The van der Waals surface area contributed by atoms with Crippen LogP contribution < -0.4 is 0 Å². The van der Waals surface area contributed by atoms with Crippen molar-refractivity contribution in [3.63, 3.8) is 0 Å². The number of carbonyl (C=O) groups excluding carboxylic acids is 2. The monoisotopic (exact) mass is 338 g/mol. The summed E-state index contributed by atoms with van der Waals surface area (Å²) in [6.07, 6.45) is 6.07. The summed E-state index contributed by atoms with van der Waals surface area (Å²) >= 11 is 0. The fraction of sp³-hybridized carbons (Fsp3) is 0.350. The summed E-state index contributed by atoms with van der Waals surface area (Å²) in [5.41, 5.74) is 1.54. The fourth-order valence-corrected chi connectivity index (χ4v) is 3.06. The van der Waals surface area contributed by atoms with E-state index >= 15 is 0 Å². The van der Waals surface area contributed by atoms with Crippen LogP contribution in [-0.4, -0.2) is 41.0 Å². The van der Waals surface area contributed by atoms with Gasteiger partial charge in [-0.15, -0.1) is 0 Å². The molecule has 1 aromatic heterocycles. The molecule has 130 valence electrons. The molecule has 1 aliphatic heterocycles. The number of pyridine rings is 1. The number of fused-ring (bicyclic) bond motifs is 1. The van der Waals surface area contributed by atoms with Gasteiger partial charge in [0.1, 0.15) is 0 Å². The van der Waals surface area contributed by atoms with Gasteiger partial charge in [-0.3, -0.25) is 4.79 Å². The van der Waals surface area contributed by atoms with Crippen LogP contribution in [0.25, 0.3) is 17.0 Å². The first-order valence-corrected chi connectivity index (χ1v) is 8.63. The van der Waals surface area contributed by atoms with E-state index in [4.69, 9.17) is 4.74 Å². The number of likely N-dealkylation sites (tertiary alicyclic amines) is 1. The Balaban J connectivity index is 1.54. The third-order valence-electron chi connectivity index (χ3n) is 4.47. The van der Waals surface area contributed by atoms with Gasteiger partial charge in [-0.2, -0.15) is 0 Å². The first-order valence-electron chi connectivity index (χ1n) is 8.63. The lowest BCUT2D eigenvalue weighted by Crippen LogP contribution is -2.44. The van der Waals surface area contributed by atoms with E-state index in [1.165, 1.54) is 6.08 Å². The SMILES string of the molecule is C[C@@H]1CCCCN1C(=O)COC(=O)/C=C/c1ccc2ccccc2n1. The van der Waals surface area contributed by atoms with Gasteiger partial charge < -0.3 is 9.64 Å². The maximum Gasteiger partial charge on any atom is 0.331 e. The Morgan fingerprint density at radius 2 is 2.08 bits per heavy atom. The molecule has 25 heavy (non-hydrogen) atoms. The fourth-order valence-electron chi connectivity index (χ4n) is 3.06. The van der Waals surface area contributed by atoms with Crippen molar-refractivity contribution in [2.24, 2.45) is 0 Å². The van der Waals surface area contributed by atoms with Crippen molar-refractivity contribution in [2.45, 2.75) is 32.2 Å². The molecule has 3 rings (SSSR count). The Bertz CT molecular complexity index is 800. The largest absolute Gasteiger partial charge is 0.452 e. The van der Waals surface area contributed by atoms with Gasteiger partial charge in [0.25, 0.3) is 5.91 Å². The summed E-state index contributed by atoms with van der Waals surface area (Å²) in [5.74, 6) is -0.661. The van der Waals surface area contributed by atoms with Crippen molar-refractivity contribution in [1.82, 2.24) is 9.88 Å². The second-order valence-electron chi connectivity index (χ2n) is 6.30. The number of ether oxygens (including phenoxy) is 1. The zero-order chi connectivity index (χ0) is 17.6. The minimum absolute atomic E-state index is 0.127. The summed E-state index contributed by atoms with van der Waals surface area (Å²) in [6, 6.07) is 11.8. The van der Waals surface area contributed by atoms with Crippen LogP contribution >= 0.6 is 0 Å². The maximum absolute atomic E-state index is 12.1. The molecule has 5 nitrogen and oxygen atoms in total. The van der Waals surface area contributed by atoms with E-state index in [1.807, 2.05) is 43.3 Å². The molecule has 5 heteroatoms. The molecular formula is C20H22N2O3. The van der Waals surface area contributed by atoms with Crippen LogP contribution in [-0.2, 0) is 14.3 Å². The minimum Gasteiger partial charge on any atom is -0.452 e. The Morgan fingerprint density at radius 3 is 2.92 bits per heavy atom. The molecule has 1 amide bonds. The molecule has 0 bridgehead atoms. The summed E-state index contributed by atoms with van der Waals surface area (Å²) in [4.78, 5) is 30.2. The Morgan fingerprint density at radius 1 is 1.24 bits per heavy atom. The van der Waals surface area contributed by atoms with E-state index in [0.29, 0.717) is 5.69 Å². The Hall–Kier alpha value is -2.69. The maximum atomic E-state index is 12.1. The first kappa shape index (κ1) is 17.1. The highest BCUT2D eigenvalue weighted by atomic mass is 16.5. The molecule has 1 saturated heterocycles. The minimum atomic E-state index is -0.534. The van der Waals surface area contributed by atoms with Crippen LogP contribution in [0.1, 0.15) is 31.9 Å². The Kier molecular flexibility index (Phi) is 5.43. The lowest BCUT2D eigenvalue weighted by molar-refractivity contribution is -0.149. The number of nitrogens with zero attached hydrogens (tertiary/aromatic N) is 2. The third kappa shape index (κ3) is 4.44. The summed E-state index contributed by atoms with van der Waals surface area (Å²) in [6.45, 7) is 2.57. The molecule has 2 heterocycles. The van der Waals surface area contributed by atoms with Crippen molar-refractivity contribution in [1.29, 1.82) is 0 Å². The molecule has 1 atom stereocenters. The van der Waals surface area contributed by atoms with E-state index in [9.17, 15) is 9.59 Å². The van der Waals surface area contributed by atoms with Crippen LogP contribution in [0.4, 0.5) is 0 Å². The standard InChI is InChI=1S/C20H22N2O3/c1-15-6-4-5-13-22(15)19(23)14-25-20(24)12-11-17-10-9-16-7-2-3-8-18(16)21-17/h2-3,7-12,15H,4-6,13-14H2,1H3/b12-11+/t15-/m1/s1. The third-order valence-corrected chi connectivity index (χ3v) is 4.47. The Labute approximate surface area is 147 Å². The molecule has 1 fully saturated rings. The van der Waals surface area contributed by atoms with E-state index in [0.717, 1.165) is 36.7 Å². The highest BCUT2D eigenvalue weighted by Crippen LogP contribution is 2.16. The number of piperidine rings is 1. The summed E-state index contributed by atoms with van der Waals surface area (Å²) in [5, 5.41) is 1.04. The first-order chi connectivity index (χ1) is 12.1. The quantitative estimate of drug-likeness (QED) is 0.634. The topological polar surface area (TPSA) is 59.5 Å². The van der Waals surface area contributed by atoms with Crippen molar-refractivity contribution in [3.05, 3.63) is 48.2 Å². The number of aromatic nitrogens is 1. The van der Waals surface area contributed by atoms with Crippen LogP contribution in [0.2, 0.25) is 0 Å². The lowest BCUT2D eigenvalue weighted by atomic mass is 10.0.